The van der Waals surface area contributed by atoms with Crippen LogP contribution in [-0.4, -0.2) is 23.6 Å². The molecule has 5 nitrogen and oxygen atoms in total. The Bertz CT molecular complexity index is 688. The number of carbonyl (C=O) groups is 2. The summed E-state index contributed by atoms with van der Waals surface area (Å²) >= 11 is 0. The van der Waals surface area contributed by atoms with E-state index in [9.17, 15) is 9.59 Å². The lowest BCUT2D eigenvalue weighted by atomic mass is 10.0. The summed E-state index contributed by atoms with van der Waals surface area (Å²) in [5.74, 6) is 2.16. The van der Waals surface area contributed by atoms with E-state index in [1.807, 2.05) is 48.6 Å². The molecule has 0 saturated heterocycles. The lowest BCUT2D eigenvalue weighted by molar-refractivity contribution is -0.129. The summed E-state index contributed by atoms with van der Waals surface area (Å²) in [5.41, 5.74) is 3.19. The first-order valence-electron chi connectivity index (χ1n) is 9.74. The van der Waals surface area contributed by atoms with Crippen LogP contribution in [0.2, 0.25) is 0 Å². The topological polar surface area (TPSA) is 78.4 Å². The summed E-state index contributed by atoms with van der Waals surface area (Å²) < 4.78 is 0. The largest absolute Gasteiger partial charge is 0.352 e. The Morgan fingerprint density at radius 1 is 1.07 bits per heavy atom. The van der Waals surface area contributed by atoms with E-state index in [4.69, 9.17) is 11.6 Å². The average molecular weight is 383 g/mol. The van der Waals surface area contributed by atoms with Crippen LogP contribution in [-0.2, 0) is 9.59 Å². The summed E-state index contributed by atoms with van der Waals surface area (Å²) in [6.07, 6.45) is 17.2. The van der Waals surface area contributed by atoms with Crippen molar-refractivity contribution >= 4 is 17.4 Å². The third-order valence-corrected chi connectivity index (χ3v) is 4.15. The van der Waals surface area contributed by atoms with E-state index in [1.165, 1.54) is 0 Å². The van der Waals surface area contributed by atoms with Gasteiger partial charge in [0.15, 0.2) is 0 Å². The molecule has 0 bridgehead atoms. The summed E-state index contributed by atoms with van der Waals surface area (Å²) in [6, 6.07) is 9.62. The summed E-state index contributed by atoms with van der Waals surface area (Å²) in [5, 5.41) is 11.4. The second-order valence-electron chi connectivity index (χ2n) is 6.39. The van der Waals surface area contributed by atoms with E-state index in [2.05, 4.69) is 11.2 Å². The number of hydrogen-bond acceptors (Lipinski definition) is 3. The fourth-order valence-corrected chi connectivity index (χ4v) is 2.64. The summed E-state index contributed by atoms with van der Waals surface area (Å²) in [4.78, 5) is 23.5. The van der Waals surface area contributed by atoms with Crippen molar-refractivity contribution in [1.82, 2.24) is 10.8 Å². The number of carbonyl (C=O) groups excluding carboxylic acids is 2. The molecule has 1 rings (SSSR count). The van der Waals surface area contributed by atoms with Crippen molar-refractivity contribution in [2.24, 2.45) is 0 Å². The standard InChI is InChI=1S/C23H30N2O3/c1-2-3-4-5-6-12-17-21(20-15-10-9-11-16-20)23(27)24-19-14-8-7-13-18-22(26)25-28/h1,5-6,9-11,15-17,28H,3-4,7-8,12-14,18-19H2,(H,24,27)(H,25,26)/b6-5-,21-17+. The highest BCUT2D eigenvalue weighted by atomic mass is 16.5. The van der Waals surface area contributed by atoms with Crippen LogP contribution in [0.1, 0.15) is 56.9 Å². The molecule has 0 radical (unpaired) electrons. The van der Waals surface area contributed by atoms with E-state index in [-0.39, 0.29) is 11.8 Å². The number of allylic oxidation sites excluding steroid dienone is 3. The van der Waals surface area contributed by atoms with Gasteiger partial charge in [0.1, 0.15) is 0 Å². The van der Waals surface area contributed by atoms with Crippen molar-refractivity contribution in [1.29, 1.82) is 0 Å². The monoisotopic (exact) mass is 382 g/mol. The zero-order valence-electron chi connectivity index (χ0n) is 16.3. The Morgan fingerprint density at radius 2 is 1.82 bits per heavy atom. The maximum atomic E-state index is 12.6. The highest BCUT2D eigenvalue weighted by Crippen LogP contribution is 2.15. The third kappa shape index (κ3) is 10.3. The number of benzene rings is 1. The van der Waals surface area contributed by atoms with Gasteiger partial charge >= 0.3 is 0 Å². The zero-order chi connectivity index (χ0) is 20.5. The highest BCUT2D eigenvalue weighted by Gasteiger charge is 2.10. The van der Waals surface area contributed by atoms with E-state index < -0.39 is 0 Å². The number of unbranched alkanes of at least 4 members (excludes halogenated alkanes) is 4. The lowest BCUT2D eigenvalue weighted by Crippen LogP contribution is -2.25. The Balaban J connectivity index is 2.46. The minimum Gasteiger partial charge on any atom is -0.352 e. The van der Waals surface area contributed by atoms with Crippen molar-refractivity contribution < 1.29 is 14.8 Å². The number of terminal acetylenes is 1. The van der Waals surface area contributed by atoms with Crippen molar-refractivity contribution in [3.8, 4) is 12.3 Å². The van der Waals surface area contributed by atoms with Crippen LogP contribution < -0.4 is 10.8 Å². The van der Waals surface area contributed by atoms with Crippen molar-refractivity contribution in [2.45, 2.75) is 51.4 Å². The van der Waals surface area contributed by atoms with Crippen LogP contribution in [0.25, 0.3) is 5.57 Å². The fraction of sp³-hybridized carbons (Fsp3) is 0.391. The first-order chi connectivity index (χ1) is 13.7. The van der Waals surface area contributed by atoms with Gasteiger partial charge in [0.05, 0.1) is 0 Å². The van der Waals surface area contributed by atoms with Gasteiger partial charge in [-0.2, -0.15) is 0 Å². The van der Waals surface area contributed by atoms with E-state index in [1.54, 1.807) is 5.48 Å². The van der Waals surface area contributed by atoms with Crippen LogP contribution in [0.4, 0.5) is 0 Å². The van der Waals surface area contributed by atoms with Crippen LogP contribution >= 0.6 is 0 Å². The normalized spacial score (nSPS) is 11.2. The first-order valence-corrected chi connectivity index (χ1v) is 9.74. The molecular formula is C23H30N2O3. The molecule has 0 aliphatic rings. The van der Waals surface area contributed by atoms with Crippen LogP contribution in [0, 0.1) is 12.3 Å². The molecule has 5 heteroatoms. The van der Waals surface area contributed by atoms with E-state index in [0.29, 0.717) is 25.0 Å². The van der Waals surface area contributed by atoms with Gasteiger partial charge in [-0.05, 0) is 31.2 Å². The number of amides is 2. The number of hydrogen-bond donors (Lipinski definition) is 3. The third-order valence-electron chi connectivity index (χ3n) is 4.15. The van der Waals surface area contributed by atoms with Crippen molar-refractivity contribution in [3.63, 3.8) is 0 Å². The molecule has 0 spiro atoms. The summed E-state index contributed by atoms with van der Waals surface area (Å²) in [7, 11) is 0. The van der Waals surface area contributed by atoms with Gasteiger partial charge in [0, 0.05) is 25.0 Å². The van der Waals surface area contributed by atoms with Gasteiger partial charge in [-0.1, -0.05) is 61.4 Å². The van der Waals surface area contributed by atoms with Gasteiger partial charge in [-0.15, -0.1) is 12.3 Å². The molecule has 0 aliphatic carbocycles. The van der Waals surface area contributed by atoms with Gasteiger partial charge < -0.3 is 5.32 Å². The van der Waals surface area contributed by atoms with Crippen LogP contribution in [0.5, 0.6) is 0 Å². The van der Waals surface area contributed by atoms with Gasteiger partial charge in [0.2, 0.25) is 5.91 Å². The van der Waals surface area contributed by atoms with Gasteiger partial charge in [-0.25, -0.2) is 5.48 Å². The Kier molecular flexibility index (Phi) is 12.6. The van der Waals surface area contributed by atoms with Crippen LogP contribution in [0.15, 0.2) is 48.6 Å². The number of nitrogens with one attached hydrogen (secondary N) is 2. The number of rotatable bonds is 13. The molecule has 28 heavy (non-hydrogen) atoms. The second kappa shape index (κ2) is 15.2. The predicted octanol–water partition coefficient (Wildman–Crippen LogP) is 4.00. The molecule has 0 atom stereocenters. The van der Waals surface area contributed by atoms with E-state index >= 15 is 0 Å². The molecule has 1 aromatic rings. The molecule has 0 fully saturated rings. The lowest BCUT2D eigenvalue weighted by Gasteiger charge is -2.09. The smallest absolute Gasteiger partial charge is 0.251 e. The Hall–Kier alpha value is -2.84. The van der Waals surface area contributed by atoms with Crippen molar-refractivity contribution in [3.05, 3.63) is 54.1 Å². The van der Waals surface area contributed by atoms with Crippen LogP contribution in [0.3, 0.4) is 0 Å². The minimum absolute atomic E-state index is 0.0807. The van der Waals surface area contributed by atoms with Gasteiger partial charge in [-0.3, -0.25) is 14.8 Å². The predicted molar refractivity (Wildman–Crippen MR) is 112 cm³/mol. The molecule has 0 aromatic heterocycles. The molecule has 0 heterocycles. The molecule has 2 amide bonds. The second-order valence-corrected chi connectivity index (χ2v) is 6.39. The Morgan fingerprint density at radius 3 is 2.54 bits per heavy atom. The zero-order valence-corrected chi connectivity index (χ0v) is 16.3. The molecule has 0 aliphatic heterocycles. The Labute approximate surface area is 167 Å². The molecule has 3 N–H and O–H groups in total. The van der Waals surface area contributed by atoms with Gasteiger partial charge in [0.25, 0.3) is 5.91 Å². The molecule has 0 saturated carbocycles. The SMILES string of the molecule is C#CCC/C=C\C/C=C(/C(=O)NCCCCCCC(=O)NO)c1ccccc1. The fourth-order valence-electron chi connectivity index (χ4n) is 2.64. The summed E-state index contributed by atoms with van der Waals surface area (Å²) in [6.45, 7) is 0.590. The maximum Gasteiger partial charge on any atom is 0.251 e. The maximum absolute atomic E-state index is 12.6. The average Bonchev–Trinajstić information content (AvgIpc) is 2.72. The molecular weight excluding hydrogens is 352 g/mol. The molecule has 0 unspecified atom stereocenters. The van der Waals surface area contributed by atoms with Crippen molar-refractivity contribution in [2.75, 3.05) is 6.54 Å². The minimum atomic E-state index is -0.362. The quantitative estimate of drug-likeness (QED) is 0.120. The molecule has 1 aromatic carbocycles. The number of hydroxylamine groups is 1. The van der Waals surface area contributed by atoms with E-state index in [0.717, 1.165) is 44.1 Å². The highest BCUT2D eigenvalue weighted by molar-refractivity contribution is 6.19. The first kappa shape index (κ1) is 23.2. The molecule has 150 valence electrons.